The molecule has 0 aromatic carbocycles. The summed E-state index contributed by atoms with van der Waals surface area (Å²) in [6, 6.07) is 0. The molecule has 0 saturated heterocycles. The van der Waals surface area contributed by atoms with Gasteiger partial charge >= 0.3 is 5.97 Å². The molecule has 0 spiro atoms. The number of hydrogen-bond donors (Lipinski definition) is 1. The van der Waals surface area contributed by atoms with Crippen molar-refractivity contribution in [1.29, 1.82) is 0 Å². The van der Waals surface area contributed by atoms with Crippen molar-refractivity contribution in [3.8, 4) is 0 Å². The van der Waals surface area contributed by atoms with E-state index < -0.39 is 6.10 Å². The van der Waals surface area contributed by atoms with E-state index >= 15 is 0 Å². The van der Waals surface area contributed by atoms with Crippen molar-refractivity contribution < 1.29 is 19.4 Å². The highest BCUT2D eigenvalue weighted by atomic mass is 16.6. The topological polar surface area (TPSA) is 55.8 Å². The number of ether oxygens (including phenoxy) is 2. The van der Waals surface area contributed by atoms with Crippen molar-refractivity contribution >= 4 is 5.97 Å². The van der Waals surface area contributed by atoms with Crippen LogP contribution in [0.2, 0.25) is 0 Å². The summed E-state index contributed by atoms with van der Waals surface area (Å²) in [6.45, 7) is 5.00. The first-order chi connectivity index (χ1) is 22.2. The number of carbonyl (C=O) groups is 1. The average molecular weight is 627 g/mol. The Hall–Kier alpha value is -2.17. The fourth-order valence-electron chi connectivity index (χ4n) is 4.80. The standard InChI is InChI=1S/C41H70O4/c1-3-5-7-9-11-13-15-17-19-21-22-24-26-28-30-32-34-36-41(43)45-40(38-42)39-44-37-35-33-31-29-27-25-23-20-18-16-14-12-10-8-6-4-2/h6,8,12,14,17-20,25,27,31,33,40,42H,3-5,7,9-11,13,15-16,21-24,26,28-30,32,34-39H2,1-2H3/b8-6-,14-12-,19-17-,20-18-,27-25-,33-31-. The number of aliphatic hydroxyl groups is 1. The van der Waals surface area contributed by atoms with E-state index in [1.165, 1.54) is 83.5 Å². The van der Waals surface area contributed by atoms with Crippen molar-refractivity contribution in [3.05, 3.63) is 72.9 Å². The number of hydrogen-bond acceptors (Lipinski definition) is 4. The zero-order valence-electron chi connectivity index (χ0n) is 29.4. The monoisotopic (exact) mass is 627 g/mol. The lowest BCUT2D eigenvalue weighted by Crippen LogP contribution is -2.27. The van der Waals surface area contributed by atoms with Gasteiger partial charge in [0.2, 0.25) is 0 Å². The van der Waals surface area contributed by atoms with Gasteiger partial charge in [-0.15, -0.1) is 0 Å². The molecule has 0 aromatic heterocycles. The van der Waals surface area contributed by atoms with Gasteiger partial charge in [0.1, 0.15) is 6.10 Å². The summed E-state index contributed by atoms with van der Waals surface area (Å²) in [7, 11) is 0. The summed E-state index contributed by atoms with van der Waals surface area (Å²) in [6.07, 6.45) is 51.0. The molecule has 0 bridgehead atoms. The Morgan fingerprint density at radius 3 is 1.51 bits per heavy atom. The molecule has 4 nitrogen and oxygen atoms in total. The molecule has 45 heavy (non-hydrogen) atoms. The highest BCUT2D eigenvalue weighted by molar-refractivity contribution is 5.69. The Bertz CT molecular complexity index is 789. The molecule has 1 atom stereocenters. The minimum Gasteiger partial charge on any atom is -0.457 e. The first kappa shape index (κ1) is 42.8. The van der Waals surface area contributed by atoms with Crippen LogP contribution in [0.5, 0.6) is 0 Å². The Morgan fingerprint density at radius 1 is 0.556 bits per heavy atom. The van der Waals surface area contributed by atoms with Gasteiger partial charge in [-0.3, -0.25) is 4.79 Å². The summed E-state index contributed by atoms with van der Waals surface area (Å²) in [5, 5.41) is 9.55. The number of esters is 1. The van der Waals surface area contributed by atoms with Crippen LogP contribution in [0.1, 0.15) is 155 Å². The molecular weight excluding hydrogens is 556 g/mol. The Kier molecular flexibility index (Phi) is 36.2. The number of unbranched alkanes of at least 4 members (excludes halogenated alkanes) is 13. The molecule has 0 aliphatic heterocycles. The Balaban J connectivity index is 3.59. The molecule has 0 rings (SSSR count). The molecule has 0 radical (unpaired) electrons. The summed E-state index contributed by atoms with van der Waals surface area (Å²) in [5.74, 6) is -0.233. The first-order valence-electron chi connectivity index (χ1n) is 18.5. The van der Waals surface area contributed by atoms with Gasteiger partial charge in [0.25, 0.3) is 0 Å². The lowest BCUT2D eigenvalue weighted by atomic mass is 10.1. The third-order valence-electron chi connectivity index (χ3n) is 7.53. The lowest BCUT2D eigenvalue weighted by Gasteiger charge is -2.15. The minimum atomic E-state index is -0.578. The Morgan fingerprint density at radius 2 is 1.00 bits per heavy atom. The maximum Gasteiger partial charge on any atom is 0.306 e. The quantitative estimate of drug-likeness (QED) is 0.0447. The van der Waals surface area contributed by atoms with Crippen LogP contribution in [0.15, 0.2) is 72.9 Å². The molecule has 258 valence electrons. The van der Waals surface area contributed by atoms with Crippen LogP contribution in [0, 0.1) is 0 Å². The molecule has 0 fully saturated rings. The maximum atomic E-state index is 12.1. The van der Waals surface area contributed by atoms with Crippen LogP contribution in [0.4, 0.5) is 0 Å². The summed E-state index contributed by atoms with van der Waals surface area (Å²) < 4.78 is 11.0. The van der Waals surface area contributed by atoms with E-state index in [2.05, 4.69) is 86.8 Å². The second-order valence-electron chi connectivity index (χ2n) is 11.9. The fraction of sp³-hybridized carbons (Fsp3) is 0.683. The molecule has 0 aliphatic carbocycles. The predicted octanol–water partition coefficient (Wildman–Crippen LogP) is 11.9. The lowest BCUT2D eigenvalue weighted by molar-refractivity contribution is -0.154. The van der Waals surface area contributed by atoms with Gasteiger partial charge in [0, 0.05) is 6.42 Å². The van der Waals surface area contributed by atoms with Crippen LogP contribution in [0.3, 0.4) is 0 Å². The SMILES string of the molecule is CC/C=C\C/C=C\C/C=C\C/C=C\C/C=C\CCOCC(CO)OC(=O)CCCCCCCCC/C=C\CCCCCCCC. The fourth-order valence-corrected chi connectivity index (χ4v) is 4.80. The molecule has 0 aromatic rings. The second kappa shape index (κ2) is 38.0. The van der Waals surface area contributed by atoms with Crippen molar-refractivity contribution in [2.24, 2.45) is 0 Å². The van der Waals surface area contributed by atoms with E-state index in [4.69, 9.17) is 9.47 Å². The maximum absolute atomic E-state index is 12.1. The molecule has 0 heterocycles. The van der Waals surface area contributed by atoms with Gasteiger partial charge in [-0.05, 0) is 70.6 Å². The molecular formula is C41H70O4. The predicted molar refractivity (Wildman–Crippen MR) is 196 cm³/mol. The van der Waals surface area contributed by atoms with Gasteiger partial charge in [0.05, 0.1) is 19.8 Å². The van der Waals surface area contributed by atoms with Gasteiger partial charge in [-0.1, -0.05) is 151 Å². The smallest absolute Gasteiger partial charge is 0.306 e. The molecule has 1 unspecified atom stereocenters. The largest absolute Gasteiger partial charge is 0.457 e. The van der Waals surface area contributed by atoms with Crippen molar-refractivity contribution in [2.75, 3.05) is 19.8 Å². The van der Waals surface area contributed by atoms with Crippen molar-refractivity contribution in [3.63, 3.8) is 0 Å². The van der Waals surface area contributed by atoms with E-state index in [0.717, 1.165) is 51.4 Å². The number of rotatable bonds is 33. The highest BCUT2D eigenvalue weighted by Gasteiger charge is 2.13. The third kappa shape index (κ3) is 36.2. The first-order valence-corrected chi connectivity index (χ1v) is 18.5. The van der Waals surface area contributed by atoms with E-state index in [1.807, 2.05) is 0 Å². The zero-order valence-corrected chi connectivity index (χ0v) is 29.4. The van der Waals surface area contributed by atoms with Gasteiger partial charge in [0.15, 0.2) is 0 Å². The average Bonchev–Trinajstić information content (AvgIpc) is 3.05. The van der Waals surface area contributed by atoms with Crippen LogP contribution in [-0.4, -0.2) is 37.0 Å². The van der Waals surface area contributed by atoms with Crippen molar-refractivity contribution in [2.45, 2.75) is 161 Å². The summed E-state index contributed by atoms with van der Waals surface area (Å²) in [4.78, 5) is 12.1. The van der Waals surface area contributed by atoms with Crippen LogP contribution in [-0.2, 0) is 14.3 Å². The molecule has 1 N–H and O–H groups in total. The third-order valence-corrected chi connectivity index (χ3v) is 7.53. The normalized spacial score (nSPS) is 13.2. The number of allylic oxidation sites excluding steroid dienone is 11. The van der Waals surface area contributed by atoms with Gasteiger partial charge in [-0.2, -0.15) is 0 Å². The van der Waals surface area contributed by atoms with E-state index in [1.54, 1.807) is 0 Å². The molecule has 0 amide bonds. The summed E-state index contributed by atoms with van der Waals surface area (Å²) in [5.41, 5.74) is 0. The number of carbonyl (C=O) groups excluding carboxylic acids is 1. The number of aliphatic hydroxyl groups excluding tert-OH is 1. The van der Waals surface area contributed by atoms with Gasteiger partial charge in [-0.25, -0.2) is 0 Å². The summed E-state index contributed by atoms with van der Waals surface area (Å²) >= 11 is 0. The van der Waals surface area contributed by atoms with Crippen molar-refractivity contribution in [1.82, 2.24) is 0 Å². The van der Waals surface area contributed by atoms with Crippen LogP contribution in [0.25, 0.3) is 0 Å². The zero-order chi connectivity index (χ0) is 32.7. The minimum absolute atomic E-state index is 0.207. The molecule has 0 aliphatic rings. The Labute approximate surface area is 278 Å². The van der Waals surface area contributed by atoms with Gasteiger partial charge < -0.3 is 14.6 Å². The van der Waals surface area contributed by atoms with Crippen LogP contribution >= 0.6 is 0 Å². The molecule has 4 heteroatoms. The van der Waals surface area contributed by atoms with E-state index in [-0.39, 0.29) is 19.2 Å². The molecule has 0 saturated carbocycles. The van der Waals surface area contributed by atoms with E-state index in [0.29, 0.717) is 13.0 Å². The van der Waals surface area contributed by atoms with E-state index in [9.17, 15) is 9.90 Å². The highest BCUT2D eigenvalue weighted by Crippen LogP contribution is 2.12. The van der Waals surface area contributed by atoms with Crippen LogP contribution < -0.4 is 0 Å². The second-order valence-corrected chi connectivity index (χ2v) is 11.9.